The molecule has 1 aliphatic rings. The normalized spacial score (nSPS) is 15.6. The molecule has 0 spiro atoms. The van der Waals surface area contributed by atoms with Crippen LogP contribution >= 0.6 is 34.5 Å². The molecule has 0 N–H and O–H groups in total. The highest BCUT2D eigenvalue weighted by Crippen LogP contribution is 2.40. The van der Waals surface area contributed by atoms with Gasteiger partial charge in [-0.2, -0.15) is 0 Å². The molecule has 2 aromatic heterocycles. The largest absolute Gasteiger partial charge is 0.489 e. The smallest absolute Gasteiger partial charge is 0.351 e. The summed E-state index contributed by atoms with van der Waals surface area (Å²) in [5.41, 5.74) is 2.40. The number of likely N-dealkylation sites (tertiary alicyclic amines) is 1. The summed E-state index contributed by atoms with van der Waals surface area (Å²) in [7, 11) is 1.35. The molecule has 1 atom stereocenters. The second-order valence-corrected chi connectivity index (χ2v) is 11.7. The lowest BCUT2D eigenvalue weighted by Crippen LogP contribution is -2.41. The maximum absolute atomic E-state index is 12.7. The summed E-state index contributed by atoms with van der Waals surface area (Å²) in [6, 6.07) is 13.6. The van der Waals surface area contributed by atoms with Gasteiger partial charge in [-0.3, -0.25) is 4.57 Å². The molecule has 0 saturated carbocycles. The Labute approximate surface area is 242 Å². The van der Waals surface area contributed by atoms with Gasteiger partial charge in [0.25, 0.3) is 0 Å². The molecule has 5 rings (SSSR count). The minimum absolute atomic E-state index is 0.120. The third kappa shape index (κ3) is 5.89. The van der Waals surface area contributed by atoms with Gasteiger partial charge in [0.15, 0.2) is 4.88 Å². The molecular formula is C29H31Cl2N3O4S. The zero-order valence-electron chi connectivity index (χ0n) is 22.3. The Balaban J connectivity index is 1.38. The predicted molar refractivity (Wildman–Crippen MR) is 156 cm³/mol. The molecule has 0 amide bonds. The number of imidazole rings is 1. The van der Waals surface area contributed by atoms with Gasteiger partial charge in [0.2, 0.25) is 0 Å². The third-order valence-electron chi connectivity index (χ3n) is 7.04. The molecule has 39 heavy (non-hydrogen) atoms. The van der Waals surface area contributed by atoms with Gasteiger partial charge >= 0.3 is 5.97 Å². The quantitative estimate of drug-likeness (QED) is 0.198. The molecule has 0 radical (unpaired) electrons. The van der Waals surface area contributed by atoms with Crippen LogP contribution in [-0.2, 0) is 4.74 Å². The van der Waals surface area contributed by atoms with Gasteiger partial charge in [-0.25, -0.2) is 9.78 Å². The van der Waals surface area contributed by atoms with Crippen LogP contribution in [0, 0.1) is 0 Å². The van der Waals surface area contributed by atoms with Crippen LogP contribution in [0.2, 0.25) is 10.0 Å². The average molecular weight is 589 g/mol. The number of fused-ring (bicyclic) bond motifs is 1. The van der Waals surface area contributed by atoms with Gasteiger partial charge in [-0.05, 0) is 57.9 Å². The number of halogens is 2. The van der Waals surface area contributed by atoms with Crippen LogP contribution in [-0.4, -0.2) is 52.8 Å². The second-order valence-electron chi connectivity index (χ2n) is 9.88. The third-order valence-corrected chi connectivity index (χ3v) is 8.77. The van der Waals surface area contributed by atoms with Crippen molar-refractivity contribution in [2.24, 2.45) is 0 Å². The molecule has 1 saturated heterocycles. The van der Waals surface area contributed by atoms with Gasteiger partial charge in [-0.15, -0.1) is 11.3 Å². The first-order valence-electron chi connectivity index (χ1n) is 13.0. The van der Waals surface area contributed by atoms with E-state index in [0.29, 0.717) is 32.5 Å². The number of rotatable bonds is 8. The lowest BCUT2D eigenvalue weighted by atomic mass is 10.1. The number of benzene rings is 2. The maximum atomic E-state index is 12.7. The summed E-state index contributed by atoms with van der Waals surface area (Å²) in [4.78, 5) is 19.9. The number of hydrogen-bond acceptors (Lipinski definition) is 7. The molecule has 0 aliphatic carbocycles. The van der Waals surface area contributed by atoms with Crippen molar-refractivity contribution in [1.82, 2.24) is 14.5 Å². The molecule has 0 unspecified atom stereocenters. The molecule has 206 valence electrons. The summed E-state index contributed by atoms with van der Waals surface area (Å²) < 4.78 is 19.6. The predicted octanol–water partition coefficient (Wildman–Crippen LogP) is 7.57. The van der Waals surface area contributed by atoms with E-state index in [1.165, 1.54) is 18.4 Å². The number of esters is 1. The number of aromatic nitrogens is 2. The Kier molecular flexibility index (Phi) is 8.38. The van der Waals surface area contributed by atoms with E-state index >= 15 is 0 Å². The number of carbonyl (C=O) groups excluding carboxylic acids is 1. The van der Waals surface area contributed by atoms with Crippen molar-refractivity contribution in [3.63, 3.8) is 0 Å². The molecule has 0 bridgehead atoms. The van der Waals surface area contributed by atoms with E-state index in [1.54, 1.807) is 18.5 Å². The fourth-order valence-electron chi connectivity index (χ4n) is 4.84. The van der Waals surface area contributed by atoms with Crippen molar-refractivity contribution in [3.8, 4) is 16.5 Å². The zero-order chi connectivity index (χ0) is 27.7. The number of ether oxygens (including phenoxy) is 3. The molecule has 3 heterocycles. The fraction of sp³-hybridized carbons (Fsp3) is 0.379. The van der Waals surface area contributed by atoms with Gasteiger partial charge in [0.05, 0.1) is 23.2 Å². The van der Waals surface area contributed by atoms with E-state index in [9.17, 15) is 4.79 Å². The molecule has 10 heteroatoms. The van der Waals surface area contributed by atoms with Gasteiger partial charge in [0.1, 0.15) is 35.0 Å². The van der Waals surface area contributed by atoms with Crippen LogP contribution in [0.4, 0.5) is 0 Å². The first kappa shape index (κ1) is 27.8. The van der Waals surface area contributed by atoms with Crippen LogP contribution in [0.3, 0.4) is 0 Å². The molecule has 7 nitrogen and oxygen atoms in total. The Morgan fingerprint density at radius 3 is 2.56 bits per heavy atom. The van der Waals surface area contributed by atoms with E-state index in [-0.39, 0.29) is 6.10 Å². The van der Waals surface area contributed by atoms with Crippen LogP contribution in [0.25, 0.3) is 16.0 Å². The number of piperidine rings is 1. The highest BCUT2D eigenvalue weighted by molar-refractivity contribution is 7.16. The zero-order valence-corrected chi connectivity index (χ0v) is 24.6. The average Bonchev–Trinajstić information content (AvgIpc) is 3.53. The van der Waals surface area contributed by atoms with Crippen molar-refractivity contribution in [2.45, 2.75) is 51.9 Å². The molecule has 1 aliphatic heterocycles. The summed E-state index contributed by atoms with van der Waals surface area (Å²) in [6.45, 7) is 8.36. The molecule has 4 aromatic rings. The monoisotopic (exact) mass is 587 g/mol. The van der Waals surface area contributed by atoms with Crippen molar-refractivity contribution in [3.05, 3.63) is 69.3 Å². The standard InChI is InChI=1S/C29H31Cl2N3O4S/c1-17(2)33-12-10-20(11-13-33)38-24-7-5-6-21(27(24)31)18(3)37-25-15-26(39-28(25)29(35)36-4)34-16-32-22-14-19(30)8-9-23(22)34/h5-9,14-18,20H,10-13H2,1-4H3/t18-/m1/s1. The van der Waals surface area contributed by atoms with Gasteiger partial charge < -0.3 is 19.1 Å². The van der Waals surface area contributed by atoms with Crippen molar-refractivity contribution in [2.75, 3.05) is 20.2 Å². The SMILES string of the molecule is COC(=O)c1sc(-n2cnc3cc(Cl)ccc32)cc1O[C@H](C)c1cccc(OC2CCN(C(C)C)CC2)c1Cl. The van der Waals surface area contributed by atoms with E-state index < -0.39 is 12.1 Å². The van der Waals surface area contributed by atoms with Crippen LogP contribution in [0.15, 0.2) is 48.8 Å². The van der Waals surface area contributed by atoms with E-state index in [2.05, 4.69) is 23.7 Å². The summed E-state index contributed by atoms with van der Waals surface area (Å²) in [5, 5.41) is 1.89. The highest BCUT2D eigenvalue weighted by Gasteiger charge is 2.26. The number of hydrogen-bond donors (Lipinski definition) is 0. The molecular weight excluding hydrogens is 557 g/mol. The molecule has 1 fully saturated rings. The number of methoxy groups -OCH3 is 1. The number of carbonyl (C=O) groups is 1. The number of nitrogens with zero attached hydrogens (tertiary/aromatic N) is 3. The van der Waals surface area contributed by atoms with E-state index in [0.717, 1.165) is 47.5 Å². The van der Waals surface area contributed by atoms with Crippen LogP contribution in [0.1, 0.15) is 55.0 Å². The Morgan fingerprint density at radius 1 is 1.08 bits per heavy atom. The first-order valence-corrected chi connectivity index (χ1v) is 14.5. The number of thiophene rings is 1. The minimum Gasteiger partial charge on any atom is -0.489 e. The van der Waals surface area contributed by atoms with Gasteiger partial charge in [-0.1, -0.05) is 35.3 Å². The van der Waals surface area contributed by atoms with Crippen LogP contribution in [0.5, 0.6) is 11.5 Å². The highest BCUT2D eigenvalue weighted by atomic mass is 35.5. The first-order chi connectivity index (χ1) is 18.7. The lowest BCUT2D eigenvalue weighted by Gasteiger charge is -2.34. The van der Waals surface area contributed by atoms with E-state index in [1.807, 2.05) is 41.8 Å². The van der Waals surface area contributed by atoms with Crippen molar-refractivity contribution >= 4 is 51.5 Å². The Hall–Kier alpha value is -2.78. The molecule has 2 aromatic carbocycles. The van der Waals surface area contributed by atoms with Gasteiger partial charge in [0, 0.05) is 35.8 Å². The van der Waals surface area contributed by atoms with Crippen molar-refractivity contribution in [1.29, 1.82) is 0 Å². The Morgan fingerprint density at radius 2 is 1.85 bits per heavy atom. The maximum Gasteiger partial charge on any atom is 0.351 e. The van der Waals surface area contributed by atoms with Crippen molar-refractivity contribution < 1.29 is 19.0 Å². The topological polar surface area (TPSA) is 65.8 Å². The van der Waals surface area contributed by atoms with Crippen LogP contribution < -0.4 is 9.47 Å². The second kappa shape index (κ2) is 11.8. The summed E-state index contributed by atoms with van der Waals surface area (Å²) >= 11 is 14.2. The summed E-state index contributed by atoms with van der Waals surface area (Å²) in [5.74, 6) is 0.584. The fourth-order valence-corrected chi connectivity index (χ4v) is 6.32. The lowest BCUT2D eigenvalue weighted by molar-refractivity contribution is 0.0599. The summed E-state index contributed by atoms with van der Waals surface area (Å²) in [6.07, 6.45) is 3.28. The minimum atomic E-state index is -0.475. The van der Waals surface area contributed by atoms with E-state index in [4.69, 9.17) is 37.4 Å². The Bertz CT molecular complexity index is 1480.